The number of carbonyl (C=O) groups excluding carboxylic acids is 2. The second kappa shape index (κ2) is 8.28. The van der Waals surface area contributed by atoms with E-state index in [1.165, 1.54) is 18.9 Å². The second-order valence-corrected chi connectivity index (χ2v) is 6.73. The van der Waals surface area contributed by atoms with E-state index in [1.807, 2.05) is 0 Å². The molecule has 2 aromatic rings. The van der Waals surface area contributed by atoms with Gasteiger partial charge in [-0.2, -0.15) is 0 Å². The predicted octanol–water partition coefficient (Wildman–Crippen LogP) is 2.71. The zero-order chi connectivity index (χ0) is 19.4. The van der Waals surface area contributed by atoms with Crippen LogP contribution >= 0.6 is 11.8 Å². The van der Waals surface area contributed by atoms with Crippen molar-refractivity contribution in [3.63, 3.8) is 0 Å². The number of hydrogen-bond donors (Lipinski definition) is 1. The van der Waals surface area contributed by atoms with Crippen molar-refractivity contribution in [1.82, 2.24) is 0 Å². The molecule has 1 heterocycles. The number of carbonyl (C=O) groups is 2. The lowest BCUT2D eigenvalue weighted by molar-refractivity contribution is -0.119. The third-order valence-electron chi connectivity index (χ3n) is 4.08. The van der Waals surface area contributed by atoms with Crippen molar-refractivity contribution < 1.29 is 24.2 Å². The minimum Gasteiger partial charge on any atom is -0.497 e. The highest BCUT2D eigenvalue weighted by molar-refractivity contribution is 8.04. The van der Waals surface area contributed by atoms with Crippen molar-refractivity contribution in [1.29, 1.82) is 0 Å². The van der Waals surface area contributed by atoms with Crippen molar-refractivity contribution in [3.05, 3.63) is 59.0 Å². The van der Waals surface area contributed by atoms with Gasteiger partial charge in [0.15, 0.2) is 0 Å². The lowest BCUT2D eigenvalue weighted by atomic mass is 10.1. The van der Waals surface area contributed by atoms with Crippen LogP contribution in [0.3, 0.4) is 0 Å². The SMILES string of the molecule is COc1ccc(C2=C(SCCO)C(=O)N(c3ccccc3OC)C2=O)cc1. The van der Waals surface area contributed by atoms with Crippen molar-refractivity contribution in [2.24, 2.45) is 0 Å². The topological polar surface area (TPSA) is 76.1 Å². The summed E-state index contributed by atoms with van der Waals surface area (Å²) in [5.74, 6) is 0.557. The van der Waals surface area contributed by atoms with E-state index < -0.39 is 11.8 Å². The Morgan fingerprint density at radius 2 is 1.67 bits per heavy atom. The number of imide groups is 1. The Balaban J connectivity index is 2.08. The lowest BCUT2D eigenvalue weighted by Gasteiger charge is -2.18. The van der Waals surface area contributed by atoms with E-state index in [4.69, 9.17) is 9.47 Å². The molecule has 0 fully saturated rings. The van der Waals surface area contributed by atoms with Crippen LogP contribution < -0.4 is 14.4 Å². The van der Waals surface area contributed by atoms with E-state index in [9.17, 15) is 14.7 Å². The summed E-state index contributed by atoms with van der Waals surface area (Å²) in [5, 5.41) is 9.18. The first-order valence-electron chi connectivity index (χ1n) is 8.26. The van der Waals surface area contributed by atoms with Crippen LogP contribution in [0.5, 0.6) is 11.5 Å². The van der Waals surface area contributed by atoms with Crippen LogP contribution in [-0.4, -0.2) is 43.5 Å². The number of methoxy groups -OCH3 is 2. The van der Waals surface area contributed by atoms with Crippen molar-refractivity contribution >= 4 is 34.8 Å². The largest absolute Gasteiger partial charge is 0.497 e. The molecule has 6 nitrogen and oxygen atoms in total. The van der Waals surface area contributed by atoms with E-state index in [0.717, 1.165) is 4.90 Å². The first-order chi connectivity index (χ1) is 13.1. The summed E-state index contributed by atoms with van der Waals surface area (Å²) in [7, 11) is 3.05. The number of para-hydroxylation sites is 2. The number of benzene rings is 2. The molecular weight excluding hydrogens is 366 g/mol. The number of nitrogens with zero attached hydrogens (tertiary/aromatic N) is 1. The predicted molar refractivity (Wildman–Crippen MR) is 105 cm³/mol. The van der Waals surface area contributed by atoms with E-state index in [-0.39, 0.29) is 6.61 Å². The Morgan fingerprint density at radius 3 is 2.30 bits per heavy atom. The maximum Gasteiger partial charge on any atom is 0.272 e. The Hall–Kier alpha value is -2.77. The van der Waals surface area contributed by atoms with Gasteiger partial charge in [-0.15, -0.1) is 11.8 Å². The summed E-state index contributed by atoms with van der Waals surface area (Å²) in [4.78, 5) is 27.7. The molecule has 0 bridgehead atoms. The number of anilines is 1. The van der Waals surface area contributed by atoms with Gasteiger partial charge in [0, 0.05) is 5.75 Å². The average molecular weight is 385 g/mol. The summed E-state index contributed by atoms with van der Waals surface area (Å²) in [5.41, 5.74) is 1.32. The van der Waals surface area contributed by atoms with E-state index in [0.29, 0.717) is 39.0 Å². The van der Waals surface area contributed by atoms with Crippen LogP contribution in [0.4, 0.5) is 5.69 Å². The third kappa shape index (κ3) is 3.56. The smallest absolute Gasteiger partial charge is 0.272 e. The highest BCUT2D eigenvalue weighted by Crippen LogP contribution is 2.41. The van der Waals surface area contributed by atoms with Crippen LogP contribution in [0.15, 0.2) is 53.4 Å². The number of ether oxygens (including phenoxy) is 2. The Labute approximate surface area is 161 Å². The molecule has 0 aromatic heterocycles. The number of rotatable bonds is 7. The van der Waals surface area contributed by atoms with Gasteiger partial charge in [0.2, 0.25) is 0 Å². The fourth-order valence-electron chi connectivity index (χ4n) is 2.84. The normalized spacial score (nSPS) is 14.1. The first kappa shape index (κ1) is 19.0. The molecule has 140 valence electrons. The zero-order valence-electron chi connectivity index (χ0n) is 15.0. The molecule has 0 unspecified atom stereocenters. The lowest BCUT2D eigenvalue weighted by Crippen LogP contribution is -2.31. The van der Waals surface area contributed by atoms with Crippen LogP contribution in [0.2, 0.25) is 0 Å². The quantitative estimate of drug-likeness (QED) is 0.739. The average Bonchev–Trinajstić information content (AvgIpc) is 2.95. The molecule has 2 aromatic carbocycles. The van der Waals surface area contributed by atoms with E-state index >= 15 is 0 Å². The molecule has 1 aliphatic heterocycles. The molecule has 0 spiro atoms. The third-order valence-corrected chi connectivity index (χ3v) is 5.14. The van der Waals surface area contributed by atoms with Gasteiger partial charge >= 0.3 is 0 Å². The molecule has 27 heavy (non-hydrogen) atoms. The highest BCUT2D eigenvalue weighted by atomic mass is 32.2. The first-order valence-corrected chi connectivity index (χ1v) is 9.25. The van der Waals surface area contributed by atoms with Crippen molar-refractivity contribution in [2.45, 2.75) is 0 Å². The summed E-state index contributed by atoms with van der Waals surface area (Å²) in [6, 6.07) is 13.8. The molecule has 0 radical (unpaired) electrons. The molecular formula is C20H19NO5S. The van der Waals surface area contributed by atoms with Crippen LogP contribution in [-0.2, 0) is 9.59 Å². The van der Waals surface area contributed by atoms with Crippen LogP contribution in [0, 0.1) is 0 Å². The molecule has 3 rings (SSSR count). The van der Waals surface area contributed by atoms with E-state index in [1.54, 1.807) is 55.6 Å². The zero-order valence-corrected chi connectivity index (χ0v) is 15.8. The molecule has 0 saturated carbocycles. The van der Waals surface area contributed by atoms with E-state index in [2.05, 4.69) is 0 Å². The van der Waals surface area contributed by atoms with Crippen LogP contribution in [0.1, 0.15) is 5.56 Å². The standard InChI is InChI=1S/C20H19NO5S/c1-25-14-9-7-13(8-10-14)17-18(27-12-11-22)20(24)21(19(17)23)15-5-3-4-6-16(15)26-2/h3-10,22H,11-12H2,1-2H3. The molecule has 1 aliphatic rings. The summed E-state index contributed by atoms with van der Waals surface area (Å²) >= 11 is 1.17. The Kier molecular flexibility index (Phi) is 5.83. The number of hydrogen-bond acceptors (Lipinski definition) is 6. The Bertz CT molecular complexity index is 892. The van der Waals surface area contributed by atoms with Gasteiger partial charge in [0.05, 0.1) is 37.0 Å². The Morgan fingerprint density at radius 1 is 0.963 bits per heavy atom. The van der Waals surface area contributed by atoms with Gasteiger partial charge in [-0.05, 0) is 29.8 Å². The molecule has 1 N–H and O–H groups in total. The van der Waals surface area contributed by atoms with Crippen molar-refractivity contribution in [3.8, 4) is 11.5 Å². The minimum absolute atomic E-state index is 0.0970. The van der Waals surface area contributed by atoms with Crippen LogP contribution in [0.25, 0.3) is 5.57 Å². The molecule has 0 aliphatic carbocycles. The molecule has 2 amide bonds. The second-order valence-electron chi connectivity index (χ2n) is 5.62. The number of aliphatic hydroxyl groups is 1. The summed E-state index contributed by atoms with van der Waals surface area (Å²) < 4.78 is 10.5. The van der Waals surface area contributed by atoms with Gasteiger partial charge < -0.3 is 14.6 Å². The number of amides is 2. The van der Waals surface area contributed by atoms with Gasteiger partial charge in [-0.1, -0.05) is 24.3 Å². The van der Waals surface area contributed by atoms with Gasteiger partial charge in [-0.25, -0.2) is 4.90 Å². The summed E-state index contributed by atoms with van der Waals surface area (Å²) in [6.45, 7) is -0.0970. The maximum absolute atomic E-state index is 13.2. The molecule has 0 atom stereocenters. The maximum atomic E-state index is 13.2. The van der Waals surface area contributed by atoms with Gasteiger partial charge in [0.1, 0.15) is 11.5 Å². The number of aliphatic hydroxyl groups excluding tert-OH is 1. The fraction of sp³-hybridized carbons (Fsp3) is 0.200. The van der Waals surface area contributed by atoms with Crippen molar-refractivity contribution in [2.75, 3.05) is 31.5 Å². The molecule has 7 heteroatoms. The monoisotopic (exact) mass is 385 g/mol. The fourth-order valence-corrected chi connectivity index (χ4v) is 3.70. The summed E-state index contributed by atoms with van der Waals surface area (Å²) in [6.07, 6.45) is 0. The number of thioether (sulfide) groups is 1. The van der Waals surface area contributed by atoms with Gasteiger partial charge in [-0.3, -0.25) is 9.59 Å². The van der Waals surface area contributed by atoms with Gasteiger partial charge in [0.25, 0.3) is 11.8 Å². The highest BCUT2D eigenvalue weighted by Gasteiger charge is 2.41. The molecule has 0 saturated heterocycles. The minimum atomic E-state index is -0.422.